The van der Waals surface area contributed by atoms with Crippen LogP contribution in [-0.4, -0.2) is 9.85 Å². The summed E-state index contributed by atoms with van der Waals surface area (Å²) < 4.78 is 0. The second-order valence-corrected chi connectivity index (χ2v) is 3.00. The van der Waals surface area contributed by atoms with E-state index in [1.54, 1.807) is 18.5 Å². The first kappa shape index (κ1) is 7.63. The maximum atomic E-state index is 5.67. The number of thiocarbonyl (C=S) groups is 1. The molecule has 0 saturated carbocycles. The Morgan fingerprint density at radius 1 is 1.60 bits per heavy atom. The average molecular weight is 172 g/mol. The van der Waals surface area contributed by atoms with Gasteiger partial charge in [-0.05, 0) is 13.0 Å². The largest absolute Gasteiger partial charge is 0.263 e. The van der Waals surface area contributed by atoms with Gasteiger partial charge in [0.15, 0.2) is 0 Å². The summed E-state index contributed by atoms with van der Waals surface area (Å²) >= 11 is 10.6. The van der Waals surface area contributed by atoms with E-state index in [1.165, 1.54) is 0 Å². The van der Waals surface area contributed by atoms with Crippen LogP contribution in [0.4, 0.5) is 0 Å². The lowest BCUT2D eigenvalue weighted by Crippen LogP contribution is -1.89. The predicted octanol–water partition coefficient (Wildman–Crippen LogP) is 2.47. The lowest BCUT2D eigenvalue weighted by atomic mass is 10.2. The highest BCUT2D eigenvalue weighted by Gasteiger charge is 1.94. The summed E-state index contributed by atoms with van der Waals surface area (Å²) in [4.78, 5) is 4.70. The zero-order chi connectivity index (χ0) is 7.56. The molecule has 0 aliphatic heterocycles. The van der Waals surface area contributed by atoms with Gasteiger partial charge in [0, 0.05) is 22.8 Å². The van der Waals surface area contributed by atoms with Crippen molar-refractivity contribution in [3.8, 4) is 0 Å². The van der Waals surface area contributed by atoms with E-state index in [4.69, 9.17) is 23.8 Å². The maximum absolute atomic E-state index is 5.67. The topological polar surface area (TPSA) is 12.9 Å². The molecule has 1 heterocycles. The molecule has 0 aliphatic rings. The highest BCUT2D eigenvalue weighted by Crippen LogP contribution is 2.08. The molecule has 1 aromatic heterocycles. The fraction of sp³-hybridized carbons (Fsp3) is 0.143. The van der Waals surface area contributed by atoms with Crippen molar-refractivity contribution < 1.29 is 0 Å². The minimum Gasteiger partial charge on any atom is -0.263 e. The number of hydrogen-bond acceptors (Lipinski definition) is 2. The van der Waals surface area contributed by atoms with Gasteiger partial charge in [0.2, 0.25) is 0 Å². The molecule has 0 unspecified atom stereocenters. The zero-order valence-corrected chi connectivity index (χ0v) is 7.04. The van der Waals surface area contributed by atoms with Crippen molar-refractivity contribution in [2.45, 2.75) is 6.92 Å². The van der Waals surface area contributed by atoms with Gasteiger partial charge in [-0.15, -0.1) is 0 Å². The number of pyridine rings is 1. The summed E-state index contributed by atoms with van der Waals surface area (Å²) in [5, 5.41) is 0.627. The quantitative estimate of drug-likeness (QED) is 0.476. The van der Waals surface area contributed by atoms with Crippen LogP contribution in [0.3, 0.4) is 0 Å². The number of halogens is 1. The van der Waals surface area contributed by atoms with Gasteiger partial charge in [0.1, 0.15) is 0 Å². The molecular formula is C7H6ClNS. The van der Waals surface area contributed by atoms with Crippen LogP contribution in [0, 0.1) is 0 Å². The number of hydrogen-bond donors (Lipinski definition) is 0. The SMILES string of the molecule is CC(=S)c1cncc(Cl)c1. The average Bonchev–Trinajstić information content (AvgIpc) is 1.88. The zero-order valence-electron chi connectivity index (χ0n) is 5.47. The fourth-order valence-corrected chi connectivity index (χ4v) is 0.890. The van der Waals surface area contributed by atoms with Crippen molar-refractivity contribution in [2.75, 3.05) is 0 Å². The van der Waals surface area contributed by atoms with Gasteiger partial charge in [-0.2, -0.15) is 0 Å². The van der Waals surface area contributed by atoms with Crippen LogP contribution in [0.2, 0.25) is 5.02 Å². The third kappa shape index (κ3) is 1.75. The highest BCUT2D eigenvalue weighted by molar-refractivity contribution is 7.80. The first-order valence-corrected chi connectivity index (χ1v) is 3.60. The number of aromatic nitrogens is 1. The van der Waals surface area contributed by atoms with Gasteiger partial charge in [-0.25, -0.2) is 0 Å². The molecule has 0 aromatic carbocycles. The van der Waals surface area contributed by atoms with Gasteiger partial charge >= 0.3 is 0 Å². The monoisotopic (exact) mass is 171 g/mol. The Kier molecular flexibility index (Phi) is 2.35. The normalized spacial score (nSPS) is 9.40. The summed E-state index contributed by atoms with van der Waals surface area (Å²) in [6, 6.07) is 1.80. The van der Waals surface area contributed by atoms with Gasteiger partial charge < -0.3 is 0 Å². The van der Waals surface area contributed by atoms with Crippen LogP contribution < -0.4 is 0 Å². The summed E-state index contributed by atoms with van der Waals surface area (Å²) in [6.45, 7) is 1.85. The molecule has 0 amide bonds. The van der Waals surface area contributed by atoms with E-state index in [0.29, 0.717) is 5.02 Å². The van der Waals surface area contributed by atoms with Crippen LogP contribution in [0.1, 0.15) is 12.5 Å². The molecule has 1 nitrogen and oxygen atoms in total. The lowest BCUT2D eigenvalue weighted by Gasteiger charge is -1.95. The predicted molar refractivity (Wildman–Crippen MR) is 46.6 cm³/mol. The second-order valence-electron chi connectivity index (χ2n) is 1.95. The Morgan fingerprint density at radius 2 is 2.30 bits per heavy atom. The summed E-state index contributed by atoms with van der Waals surface area (Å²) in [6.07, 6.45) is 3.29. The highest BCUT2D eigenvalue weighted by atomic mass is 35.5. The lowest BCUT2D eigenvalue weighted by molar-refractivity contribution is 1.32. The smallest absolute Gasteiger partial charge is 0.0595 e. The van der Waals surface area contributed by atoms with Crippen molar-refractivity contribution >= 4 is 28.7 Å². The number of rotatable bonds is 1. The van der Waals surface area contributed by atoms with E-state index >= 15 is 0 Å². The standard InChI is InChI=1S/C7H6ClNS/c1-5(10)6-2-7(8)4-9-3-6/h2-4H,1H3. The van der Waals surface area contributed by atoms with Crippen LogP contribution in [-0.2, 0) is 0 Å². The van der Waals surface area contributed by atoms with E-state index in [0.717, 1.165) is 10.4 Å². The van der Waals surface area contributed by atoms with Crippen molar-refractivity contribution in [3.63, 3.8) is 0 Å². The molecule has 10 heavy (non-hydrogen) atoms. The number of nitrogens with zero attached hydrogens (tertiary/aromatic N) is 1. The molecule has 0 spiro atoms. The second kappa shape index (κ2) is 3.08. The van der Waals surface area contributed by atoms with Crippen molar-refractivity contribution in [2.24, 2.45) is 0 Å². The van der Waals surface area contributed by atoms with Crippen molar-refractivity contribution in [1.82, 2.24) is 4.98 Å². The van der Waals surface area contributed by atoms with Crippen LogP contribution in [0.15, 0.2) is 18.5 Å². The first-order chi connectivity index (χ1) is 4.70. The van der Waals surface area contributed by atoms with Gasteiger partial charge in [-0.3, -0.25) is 4.98 Å². The minimum atomic E-state index is 0.627. The van der Waals surface area contributed by atoms with E-state index < -0.39 is 0 Å². The molecule has 0 aliphatic carbocycles. The molecule has 3 heteroatoms. The van der Waals surface area contributed by atoms with Crippen LogP contribution in [0.5, 0.6) is 0 Å². The van der Waals surface area contributed by atoms with Crippen LogP contribution >= 0.6 is 23.8 Å². The molecule has 0 N–H and O–H groups in total. The minimum absolute atomic E-state index is 0.627. The molecule has 52 valence electrons. The van der Waals surface area contributed by atoms with E-state index in [9.17, 15) is 0 Å². The Bertz CT molecular complexity index is 260. The Balaban J connectivity index is 3.07. The van der Waals surface area contributed by atoms with E-state index in [1.807, 2.05) is 6.92 Å². The Labute approximate surface area is 70.0 Å². The Hall–Kier alpha value is -0.470. The molecule has 1 rings (SSSR count). The van der Waals surface area contributed by atoms with Gasteiger partial charge in [-0.1, -0.05) is 23.8 Å². The summed E-state index contributed by atoms with van der Waals surface area (Å²) in [7, 11) is 0. The van der Waals surface area contributed by atoms with Crippen molar-refractivity contribution in [3.05, 3.63) is 29.0 Å². The molecule has 0 radical (unpaired) electrons. The molecule has 0 atom stereocenters. The molecule has 1 aromatic rings. The van der Waals surface area contributed by atoms with Crippen molar-refractivity contribution in [1.29, 1.82) is 0 Å². The first-order valence-electron chi connectivity index (χ1n) is 2.81. The molecular weight excluding hydrogens is 166 g/mol. The van der Waals surface area contributed by atoms with Crippen LogP contribution in [0.25, 0.3) is 0 Å². The van der Waals surface area contributed by atoms with Gasteiger partial charge in [0.25, 0.3) is 0 Å². The molecule has 0 saturated heterocycles. The summed E-state index contributed by atoms with van der Waals surface area (Å²) in [5.74, 6) is 0. The molecule has 0 fully saturated rings. The van der Waals surface area contributed by atoms with E-state index in [-0.39, 0.29) is 0 Å². The summed E-state index contributed by atoms with van der Waals surface area (Å²) in [5.41, 5.74) is 0.919. The van der Waals surface area contributed by atoms with E-state index in [2.05, 4.69) is 4.98 Å². The Morgan fingerprint density at radius 3 is 2.70 bits per heavy atom. The fourth-order valence-electron chi connectivity index (χ4n) is 0.604. The third-order valence-corrected chi connectivity index (χ3v) is 1.55. The van der Waals surface area contributed by atoms with Gasteiger partial charge in [0.05, 0.1) is 5.02 Å². The third-order valence-electron chi connectivity index (χ3n) is 1.11. The maximum Gasteiger partial charge on any atom is 0.0595 e. The molecule has 0 bridgehead atoms.